The Morgan fingerprint density at radius 2 is 1.90 bits per heavy atom. The molecule has 1 aromatic heterocycles. The molecule has 2 rings (SSSR count). The van der Waals surface area contributed by atoms with E-state index in [2.05, 4.69) is 10.2 Å². The summed E-state index contributed by atoms with van der Waals surface area (Å²) in [5, 5.41) is 8.59. The highest BCUT2D eigenvalue weighted by atomic mass is 32.2. The van der Waals surface area contributed by atoms with Crippen LogP contribution in [0.2, 0.25) is 0 Å². The van der Waals surface area contributed by atoms with E-state index in [1.807, 2.05) is 42.7 Å². The Bertz CT molecular complexity index is 607. The molecule has 0 saturated heterocycles. The van der Waals surface area contributed by atoms with E-state index in [0.29, 0.717) is 5.16 Å². The smallest absolute Gasteiger partial charge is 0.318 e. The van der Waals surface area contributed by atoms with E-state index < -0.39 is 0 Å². The van der Waals surface area contributed by atoms with Gasteiger partial charge in [-0.3, -0.25) is 9.36 Å². The van der Waals surface area contributed by atoms with Gasteiger partial charge in [0.05, 0.1) is 7.11 Å². The van der Waals surface area contributed by atoms with Crippen molar-refractivity contribution < 1.29 is 9.53 Å². The SMILES string of the molecule is COC(=O)C(C)Sc1nnc(C)n1-c1ccc(C)cc1. The number of thioether (sulfide) groups is 1. The normalized spacial score (nSPS) is 12.2. The zero-order valence-corrected chi connectivity index (χ0v) is 12.8. The Hall–Kier alpha value is -1.82. The van der Waals surface area contributed by atoms with Crippen LogP contribution in [0.3, 0.4) is 0 Å². The minimum atomic E-state index is -0.326. The summed E-state index contributed by atoms with van der Waals surface area (Å²) in [6.45, 7) is 5.72. The van der Waals surface area contributed by atoms with Gasteiger partial charge >= 0.3 is 5.97 Å². The zero-order chi connectivity index (χ0) is 14.7. The lowest BCUT2D eigenvalue weighted by Gasteiger charge is -2.11. The predicted molar refractivity (Wildman–Crippen MR) is 78.2 cm³/mol. The summed E-state index contributed by atoms with van der Waals surface area (Å²) in [6.07, 6.45) is 0. The van der Waals surface area contributed by atoms with Gasteiger partial charge in [-0.1, -0.05) is 29.5 Å². The highest BCUT2D eigenvalue weighted by Crippen LogP contribution is 2.26. The molecular formula is C14H17N3O2S. The number of hydrogen-bond donors (Lipinski definition) is 0. The van der Waals surface area contributed by atoms with Crippen molar-refractivity contribution >= 4 is 17.7 Å². The second-order valence-corrected chi connectivity index (χ2v) is 5.79. The van der Waals surface area contributed by atoms with E-state index >= 15 is 0 Å². The van der Waals surface area contributed by atoms with Crippen LogP contribution in [0.1, 0.15) is 18.3 Å². The molecule has 1 unspecified atom stereocenters. The molecular weight excluding hydrogens is 274 g/mol. The number of hydrogen-bond acceptors (Lipinski definition) is 5. The van der Waals surface area contributed by atoms with Crippen LogP contribution in [-0.2, 0) is 9.53 Å². The largest absolute Gasteiger partial charge is 0.468 e. The quantitative estimate of drug-likeness (QED) is 0.640. The standard InChI is InChI=1S/C14H17N3O2S/c1-9-5-7-12(8-6-9)17-11(3)15-16-14(17)20-10(2)13(18)19-4/h5-8,10H,1-4H3. The topological polar surface area (TPSA) is 57.0 Å². The summed E-state index contributed by atoms with van der Waals surface area (Å²) < 4.78 is 6.67. The molecule has 0 radical (unpaired) electrons. The van der Waals surface area contributed by atoms with Crippen molar-refractivity contribution in [1.29, 1.82) is 0 Å². The average molecular weight is 291 g/mol. The predicted octanol–water partition coefficient (Wildman–Crippen LogP) is 2.54. The lowest BCUT2D eigenvalue weighted by Crippen LogP contribution is -2.15. The number of carbonyl (C=O) groups is 1. The van der Waals surface area contributed by atoms with Crippen LogP contribution in [0.15, 0.2) is 29.4 Å². The molecule has 6 heteroatoms. The number of benzene rings is 1. The van der Waals surface area contributed by atoms with E-state index in [1.54, 1.807) is 6.92 Å². The van der Waals surface area contributed by atoms with Gasteiger partial charge in [-0.2, -0.15) is 0 Å². The Labute approximate surface area is 122 Å². The molecule has 0 bridgehead atoms. The number of carbonyl (C=O) groups excluding carboxylic acids is 1. The van der Waals surface area contributed by atoms with Gasteiger partial charge in [0.2, 0.25) is 0 Å². The van der Waals surface area contributed by atoms with E-state index in [-0.39, 0.29) is 11.2 Å². The molecule has 20 heavy (non-hydrogen) atoms. The molecule has 0 aliphatic heterocycles. The van der Waals surface area contributed by atoms with Crippen LogP contribution >= 0.6 is 11.8 Å². The maximum atomic E-state index is 11.5. The van der Waals surface area contributed by atoms with Crippen molar-refractivity contribution in [2.45, 2.75) is 31.2 Å². The first-order chi connectivity index (χ1) is 9.52. The van der Waals surface area contributed by atoms with Crippen molar-refractivity contribution in [3.8, 4) is 5.69 Å². The van der Waals surface area contributed by atoms with Crippen LogP contribution < -0.4 is 0 Å². The van der Waals surface area contributed by atoms with Crippen molar-refractivity contribution in [1.82, 2.24) is 14.8 Å². The average Bonchev–Trinajstić information content (AvgIpc) is 2.80. The number of nitrogens with zero attached hydrogens (tertiary/aromatic N) is 3. The molecule has 0 aliphatic rings. The minimum Gasteiger partial charge on any atom is -0.468 e. The fourth-order valence-electron chi connectivity index (χ4n) is 1.78. The number of aromatic nitrogens is 3. The summed E-state index contributed by atoms with van der Waals surface area (Å²) in [6, 6.07) is 8.09. The molecule has 0 saturated carbocycles. The molecule has 0 amide bonds. The lowest BCUT2D eigenvalue weighted by atomic mass is 10.2. The third kappa shape index (κ3) is 3.01. The van der Waals surface area contributed by atoms with E-state index in [4.69, 9.17) is 4.74 Å². The summed E-state index contributed by atoms with van der Waals surface area (Å²) in [7, 11) is 1.38. The second kappa shape index (κ2) is 6.09. The first kappa shape index (κ1) is 14.6. The number of methoxy groups -OCH3 is 1. The Kier molecular flexibility index (Phi) is 4.44. The molecule has 0 fully saturated rings. The van der Waals surface area contributed by atoms with Gasteiger partial charge in [-0.25, -0.2) is 0 Å². The van der Waals surface area contributed by atoms with E-state index in [0.717, 1.165) is 11.5 Å². The molecule has 0 aliphatic carbocycles. The Morgan fingerprint density at radius 1 is 1.25 bits per heavy atom. The zero-order valence-electron chi connectivity index (χ0n) is 12.0. The van der Waals surface area contributed by atoms with Gasteiger partial charge < -0.3 is 4.74 Å². The summed E-state index contributed by atoms with van der Waals surface area (Å²) in [5.41, 5.74) is 2.18. The van der Waals surface area contributed by atoms with Gasteiger partial charge in [-0.15, -0.1) is 10.2 Å². The van der Waals surface area contributed by atoms with Crippen molar-refractivity contribution in [2.75, 3.05) is 7.11 Å². The second-order valence-electron chi connectivity index (χ2n) is 4.48. The number of aryl methyl sites for hydroxylation is 2. The maximum absolute atomic E-state index is 11.5. The van der Waals surface area contributed by atoms with Crippen LogP contribution in [0.25, 0.3) is 5.69 Å². The lowest BCUT2D eigenvalue weighted by molar-refractivity contribution is -0.139. The van der Waals surface area contributed by atoms with Crippen molar-refractivity contribution in [3.05, 3.63) is 35.7 Å². The van der Waals surface area contributed by atoms with Gasteiger partial charge in [0.1, 0.15) is 11.1 Å². The highest BCUT2D eigenvalue weighted by molar-refractivity contribution is 8.00. The number of rotatable bonds is 4. The third-order valence-electron chi connectivity index (χ3n) is 2.90. The van der Waals surface area contributed by atoms with Crippen LogP contribution in [-0.4, -0.2) is 33.1 Å². The molecule has 0 spiro atoms. The fraction of sp³-hybridized carbons (Fsp3) is 0.357. The molecule has 1 atom stereocenters. The first-order valence-electron chi connectivity index (χ1n) is 6.26. The summed E-state index contributed by atoms with van der Waals surface area (Å²) >= 11 is 1.34. The molecule has 106 valence electrons. The van der Waals surface area contributed by atoms with Gasteiger partial charge in [-0.05, 0) is 32.9 Å². The van der Waals surface area contributed by atoms with Gasteiger partial charge in [0, 0.05) is 5.69 Å². The van der Waals surface area contributed by atoms with Crippen molar-refractivity contribution in [3.63, 3.8) is 0 Å². The third-order valence-corrected chi connectivity index (χ3v) is 3.92. The highest BCUT2D eigenvalue weighted by Gasteiger charge is 2.20. The fourth-order valence-corrected chi connectivity index (χ4v) is 2.72. The van der Waals surface area contributed by atoms with Gasteiger partial charge in [0.25, 0.3) is 0 Å². The summed E-state index contributed by atoms with van der Waals surface area (Å²) in [5.74, 6) is 0.513. The van der Waals surface area contributed by atoms with Crippen LogP contribution in [0.4, 0.5) is 0 Å². The monoisotopic (exact) mass is 291 g/mol. The van der Waals surface area contributed by atoms with Crippen LogP contribution in [0.5, 0.6) is 0 Å². The molecule has 0 N–H and O–H groups in total. The number of esters is 1. The summed E-state index contributed by atoms with van der Waals surface area (Å²) in [4.78, 5) is 11.5. The molecule has 1 aromatic carbocycles. The Morgan fingerprint density at radius 3 is 2.50 bits per heavy atom. The first-order valence-corrected chi connectivity index (χ1v) is 7.14. The molecule has 1 heterocycles. The van der Waals surface area contributed by atoms with Gasteiger partial charge in [0.15, 0.2) is 5.16 Å². The Balaban J connectivity index is 2.32. The molecule has 2 aromatic rings. The van der Waals surface area contributed by atoms with Crippen LogP contribution in [0, 0.1) is 13.8 Å². The molecule has 5 nitrogen and oxygen atoms in total. The van der Waals surface area contributed by atoms with E-state index in [9.17, 15) is 4.79 Å². The maximum Gasteiger partial charge on any atom is 0.318 e. The van der Waals surface area contributed by atoms with Crippen molar-refractivity contribution in [2.24, 2.45) is 0 Å². The van der Waals surface area contributed by atoms with E-state index in [1.165, 1.54) is 24.4 Å². The number of ether oxygens (including phenoxy) is 1. The minimum absolute atomic E-state index is 0.272.